The zero-order valence-corrected chi connectivity index (χ0v) is 10.1. The molecule has 2 aromatic rings. The van der Waals surface area contributed by atoms with E-state index in [4.69, 9.17) is 0 Å². The number of aromatic nitrogens is 1. The van der Waals surface area contributed by atoms with Crippen LogP contribution in [0.25, 0.3) is 0 Å². The van der Waals surface area contributed by atoms with Crippen molar-refractivity contribution in [1.29, 1.82) is 0 Å². The summed E-state index contributed by atoms with van der Waals surface area (Å²) >= 11 is 0. The number of nitrogens with zero attached hydrogens (tertiary/aromatic N) is 1. The maximum absolute atomic E-state index is 13.1. The SMILES string of the molecule is Cc1ccc(C(O)c2cc(F)cc(F)c2)c(C)n1. The number of pyridine rings is 1. The van der Waals surface area contributed by atoms with Crippen molar-refractivity contribution in [2.45, 2.75) is 20.0 Å². The Labute approximate surface area is 104 Å². The standard InChI is InChI=1S/C14H13F2NO/c1-8-3-4-13(9(2)17-8)14(18)10-5-11(15)7-12(16)6-10/h3-7,14,18H,1-2H3. The number of hydrogen-bond acceptors (Lipinski definition) is 2. The number of benzene rings is 1. The summed E-state index contributed by atoms with van der Waals surface area (Å²) < 4.78 is 26.2. The highest BCUT2D eigenvalue weighted by Crippen LogP contribution is 2.25. The van der Waals surface area contributed by atoms with Gasteiger partial charge in [0.25, 0.3) is 0 Å². The van der Waals surface area contributed by atoms with Gasteiger partial charge in [0, 0.05) is 23.0 Å². The lowest BCUT2D eigenvalue weighted by Gasteiger charge is -2.14. The van der Waals surface area contributed by atoms with Gasteiger partial charge in [-0.25, -0.2) is 8.78 Å². The molecule has 94 valence electrons. The van der Waals surface area contributed by atoms with Crippen molar-refractivity contribution in [2.24, 2.45) is 0 Å². The summed E-state index contributed by atoms with van der Waals surface area (Å²) in [6, 6.07) is 6.48. The molecular weight excluding hydrogens is 236 g/mol. The third-order valence-electron chi connectivity index (χ3n) is 2.76. The van der Waals surface area contributed by atoms with Gasteiger partial charge in [0.15, 0.2) is 0 Å². The van der Waals surface area contributed by atoms with E-state index in [9.17, 15) is 13.9 Å². The van der Waals surface area contributed by atoms with Gasteiger partial charge in [-0.3, -0.25) is 4.98 Å². The molecule has 2 rings (SSSR count). The summed E-state index contributed by atoms with van der Waals surface area (Å²) in [7, 11) is 0. The first-order valence-electron chi connectivity index (χ1n) is 5.55. The molecule has 0 saturated heterocycles. The third-order valence-corrected chi connectivity index (χ3v) is 2.76. The van der Waals surface area contributed by atoms with Gasteiger partial charge in [-0.05, 0) is 37.6 Å². The van der Waals surface area contributed by atoms with Gasteiger partial charge in [0.05, 0.1) is 0 Å². The van der Waals surface area contributed by atoms with Crippen molar-refractivity contribution < 1.29 is 13.9 Å². The number of halogens is 2. The molecule has 0 aliphatic heterocycles. The van der Waals surface area contributed by atoms with Gasteiger partial charge in [-0.15, -0.1) is 0 Å². The van der Waals surface area contributed by atoms with Crippen molar-refractivity contribution in [3.05, 3.63) is 64.5 Å². The summed E-state index contributed by atoms with van der Waals surface area (Å²) in [6.07, 6.45) is -1.08. The smallest absolute Gasteiger partial charge is 0.126 e. The Hall–Kier alpha value is -1.81. The van der Waals surface area contributed by atoms with Crippen LogP contribution in [0.3, 0.4) is 0 Å². The second-order valence-electron chi connectivity index (χ2n) is 4.23. The van der Waals surface area contributed by atoms with E-state index >= 15 is 0 Å². The molecule has 0 aliphatic rings. The lowest BCUT2D eigenvalue weighted by Crippen LogP contribution is -2.05. The Kier molecular flexibility index (Phi) is 3.39. The summed E-state index contributed by atoms with van der Waals surface area (Å²) in [4.78, 5) is 4.22. The highest BCUT2D eigenvalue weighted by Gasteiger charge is 2.15. The zero-order chi connectivity index (χ0) is 13.3. The van der Waals surface area contributed by atoms with E-state index in [2.05, 4.69) is 4.98 Å². The van der Waals surface area contributed by atoms with Gasteiger partial charge in [0.2, 0.25) is 0 Å². The summed E-state index contributed by atoms with van der Waals surface area (Å²) in [5.41, 5.74) is 2.20. The highest BCUT2D eigenvalue weighted by molar-refractivity contribution is 5.33. The molecule has 0 aliphatic carbocycles. The Bertz CT molecular complexity index is 564. The van der Waals surface area contributed by atoms with Gasteiger partial charge in [0.1, 0.15) is 17.7 Å². The molecule has 1 atom stereocenters. The van der Waals surface area contributed by atoms with E-state index in [1.807, 2.05) is 6.92 Å². The Morgan fingerprint density at radius 1 is 1.06 bits per heavy atom. The monoisotopic (exact) mass is 249 g/mol. The summed E-state index contributed by atoms with van der Waals surface area (Å²) in [6.45, 7) is 3.59. The van der Waals surface area contributed by atoms with Crippen LogP contribution < -0.4 is 0 Å². The molecule has 0 bridgehead atoms. The molecular formula is C14H13F2NO. The van der Waals surface area contributed by atoms with Crippen LogP contribution in [0, 0.1) is 25.5 Å². The molecule has 2 nitrogen and oxygen atoms in total. The largest absolute Gasteiger partial charge is 0.384 e. The maximum Gasteiger partial charge on any atom is 0.126 e. The molecule has 18 heavy (non-hydrogen) atoms. The Morgan fingerprint density at radius 2 is 1.67 bits per heavy atom. The predicted molar refractivity (Wildman–Crippen MR) is 64.1 cm³/mol. The molecule has 1 aromatic carbocycles. The van der Waals surface area contributed by atoms with Crippen LogP contribution in [0.1, 0.15) is 28.6 Å². The molecule has 0 amide bonds. The van der Waals surface area contributed by atoms with Crippen molar-refractivity contribution >= 4 is 0 Å². The molecule has 1 unspecified atom stereocenters. The van der Waals surface area contributed by atoms with Crippen LogP contribution >= 0.6 is 0 Å². The zero-order valence-electron chi connectivity index (χ0n) is 10.1. The fourth-order valence-corrected chi connectivity index (χ4v) is 1.90. The van der Waals surface area contributed by atoms with Gasteiger partial charge in [-0.2, -0.15) is 0 Å². The number of hydrogen-bond donors (Lipinski definition) is 1. The van der Waals surface area contributed by atoms with Crippen LogP contribution in [-0.2, 0) is 0 Å². The molecule has 0 fully saturated rings. The van der Waals surface area contributed by atoms with Crippen molar-refractivity contribution in [3.63, 3.8) is 0 Å². The second kappa shape index (κ2) is 4.82. The fourth-order valence-electron chi connectivity index (χ4n) is 1.90. The van der Waals surface area contributed by atoms with Crippen LogP contribution in [0.2, 0.25) is 0 Å². The Morgan fingerprint density at radius 3 is 2.22 bits per heavy atom. The first-order valence-corrected chi connectivity index (χ1v) is 5.55. The molecule has 4 heteroatoms. The lowest BCUT2D eigenvalue weighted by atomic mass is 10.00. The van der Waals surface area contributed by atoms with Gasteiger partial charge >= 0.3 is 0 Å². The van der Waals surface area contributed by atoms with Crippen LogP contribution in [0.4, 0.5) is 8.78 Å². The number of aliphatic hydroxyl groups excluding tert-OH is 1. The van der Waals surface area contributed by atoms with Crippen molar-refractivity contribution in [1.82, 2.24) is 4.98 Å². The Balaban J connectivity index is 2.44. The van der Waals surface area contributed by atoms with Gasteiger partial charge < -0.3 is 5.11 Å². The lowest BCUT2D eigenvalue weighted by molar-refractivity contribution is 0.218. The first kappa shape index (κ1) is 12.6. The van der Waals surface area contributed by atoms with Gasteiger partial charge in [-0.1, -0.05) is 6.07 Å². The molecule has 1 N–H and O–H groups in total. The fraction of sp³-hybridized carbons (Fsp3) is 0.214. The topological polar surface area (TPSA) is 33.1 Å². The highest BCUT2D eigenvalue weighted by atomic mass is 19.1. The average Bonchev–Trinajstić information content (AvgIpc) is 2.26. The summed E-state index contributed by atoms with van der Waals surface area (Å²) in [5.74, 6) is -1.41. The molecule has 0 radical (unpaired) electrons. The predicted octanol–water partition coefficient (Wildman–Crippen LogP) is 3.06. The third kappa shape index (κ3) is 2.54. The van der Waals surface area contributed by atoms with E-state index < -0.39 is 17.7 Å². The van der Waals surface area contributed by atoms with Crippen molar-refractivity contribution in [2.75, 3.05) is 0 Å². The molecule has 0 spiro atoms. The number of rotatable bonds is 2. The maximum atomic E-state index is 13.1. The summed E-state index contributed by atoms with van der Waals surface area (Å²) in [5, 5.41) is 10.1. The molecule has 1 heterocycles. The number of aliphatic hydroxyl groups is 1. The minimum absolute atomic E-state index is 0.182. The quantitative estimate of drug-likeness (QED) is 0.887. The normalized spacial score (nSPS) is 12.5. The van der Waals surface area contributed by atoms with E-state index in [1.54, 1.807) is 19.1 Å². The molecule has 0 saturated carbocycles. The van der Waals surface area contributed by atoms with Crippen LogP contribution in [0.15, 0.2) is 30.3 Å². The minimum atomic E-state index is -1.08. The average molecular weight is 249 g/mol. The first-order chi connectivity index (χ1) is 8.47. The van der Waals surface area contributed by atoms with E-state index in [1.165, 1.54) is 0 Å². The van der Waals surface area contributed by atoms with Crippen LogP contribution in [-0.4, -0.2) is 10.1 Å². The number of aryl methyl sites for hydroxylation is 2. The second-order valence-corrected chi connectivity index (χ2v) is 4.23. The minimum Gasteiger partial charge on any atom is -0.384 e. The van der Waals surface area contributed by atoms with Crippen molar-refractivity contribution in [3.8, 4) is 0 Å². The van der Waals surface area contributed by atoms with E-state index in [-0.39, 0.29) is 5.56 Å². The van der Waals surface area contributed by atoms with Crippen LogP contribution in [0.5, 0.6) is 0 Å². The molecule has 1 aromatic heterocycles. The van der Waals surface area contributed by atoms with E-state index in [0.29, 0.717) is 11.3 Å². The van der Waals surface area contributed by atoms with E-state index in [0.717, 1.165) is 23.9 Å².